The Labute approximate surface area is 168 Å². The summed E-state index contributed by atoms with van der Waals surface area (Å²) in [4.78, 5) is 25.4. The maximum absolute atomic E-state index is 13.3. The summed E-state index contributed by atoms with van der Waals surface area (Å²) < 4.78 is 0. The van der Waals surface area contributed by atoms with E-state index in [4.69, 9.17) is 0 Å². The zero-order chi connectivity index (χ0) is 20.4. The van der Waals surface area contributed by atoms with Crippen LogP contribution in [0.5, 0.6) is 0 Å². The number of aryl methyl sites for hydroxylation is 1. The van der Waals surface area contributed by atoms with E-state index in [2.05, 4.69) is 0 Å². The predicted molar refractivity (Wildman–Crippen MR) is 114 cm³/mol. The van der Waals surface area contributed by atoms with Gasteiger partial charge in [0.05, 0.1) is 10.6 Å². The Morgan fingerprint density at radius 1 is 0.897 bits per heavy atom. The van der Waals surface area contributed by atoms with Gasteiger partial charge in [-0.05, 0) is 54.5 Å². The molecule has 0 N–H and O–H groups in total. The van der Waals surface area contributed by atoms with Gasteiger partial charge in [-0.25, -0.2) is 0 Å². The van der Waals surface area contributed by atoms with Crippen LogP contribution in [0.25, 0.3) is 11.8 Å². The first-order valence-corrected chi connectivity index (χ1v) is 9.17. The highest BCUT2D eigenvalue weighted by molar-refractivity contribution is 6.23. The van der Waals surface area contributed by atoms with E-state index in [1.807, 2.05) is 67.6 Å². The van der Waals surface area contributed by atoms with Gasteiger partial charge >= 0.3 is 0 Å². The topological polar surface area (TPSA) is 63.5 Å². The number of amides is 1. The molecule has 4 rings (SSSR count). The smallest absolute Gasteiger partial charge is 0.269 e. The summed E-state index contributed by atoms with van der Waals surface area (Å²) in [6.07, 6.45) is 3.61. The molecule has 0 fully saturated rings. The molecule has 0 radical (unpaired) electrons. The standard InChI is InChI=1S/C24H18N2O3/c1-17-7-11-21(12-8-17)25-23(19-5-3-2-4-6-19)16-20(24(25)27)15-18-9-13-22(14-10-18)26(28)29/h2-16H,1H3/b20-15+. The van der Waals surface area contributed by atoms with E-state index in [9.17, 15) is 14.9 Å². The zero-order valence-corrected chi connectivity index (χ0v) is 15.8. The Balaban J connectivity index is 1.77. The molecular formula is C24H18N2O3. The first-order chi connectivity index (χ1) is 14.0. The highest BCUT2D eigenvalue weighted by Gasteiger charge is 2.30. The Kier molecular flexibility index (Phi) is 4.79. The molecule has 29 heavy (non-hydrogen) atoms. The van der Waals surface area contributed by atoms with E-state index in [1.54, 1.807) is 23.1 Å². The van der Waals surface area contributed by atoms with Crippen LogP contribution in [0.4, 0.5) is 11.4 Å². The molecule has 1 aliphatic rings. The molecule has 0 saturated heterocycles. The second kappa shape index (κ2) is 7.56. The first-order valence-electron chi connectivity index (χ1n) is 9.17. The highest BCUT2D eigenvalue weighted by Crippen LogP contribution is 2.35. The van der Waals surface area contributed by atoms with Crippen molar-refractivity contribution in [2.24, 2.45) is 0 Å². The van der Waals surface area contributed by atoms with Gasteiger partial charge in [0, 0.05) is 23.4 Å². The highest BCUT2D eigenvalue weighted by atomic mass is 16.6. The SMILES string of the molecule is Cc1ccc(N2C(=O)/C(=C/c3ccc([N+](=O)[O-])cc3)C=C2c2ccccc2)cc1. The second-order valence-electron chi connectivity index (χ2n) is 6.82. The maximum Gasteiger partial charge on any atom is 0.269 e. The van der Waals surface area contributed by atoms with Crippen molar-refractivity contribution in [2.75, 3.05) is 4.90 Å². The van der Waals surface area contributed by atoms with Crippen molar-refractivity contribution in [1.29, 1.82) is 0 Å². The maximum atomic E-state index is 13.3. The van der Waals surface area contributed by atoms with Crippen molar-refractivity contribution < 1.29 is 9.72 Å². The second-order valence-corrected chi connectivity index (χ2v) is 6.82. The quantitative estimate of drug-likeness (QED) is 0.346. The fraction of sp³-hybridized carbons (Fsp3) is 0.0417. The molecule has 1 aliphatic heterocycles. The molecule has 0 bridgehead atoms. The van der Waals surface area contributed by atoms with Crippen molar-refractivity contribution in [1.82, 2.24) is 0 Å². The van der Waals surface area contributed by atoms with E-state index >= 15 is 0 Å². The summed E-state index contributed by atoms with van der Waals surface area (Å²) in [5.41, 5.74) is 4.93. The van der Waals surface area contributed by atoms with Crippen LogP contribution in [-0.2, 0) is 4.79 Å². The number of benzene rings is 3. The molecule has 0 saturated carbocycles. The Bertz CT molecular complexity index is 1130. The van der Waals surface area contributed by atoms with E-state index < -0.39 is 4.92 Å². The molecule has 3 aromatic rings. The summed E-state index contributed by atoms with van der Waals surface area (Å²) >= 11 is 0. The van der Waals surface area contributed by atoms with Gasteiger partial charge in [0.25, 0.3) is 11.6 Å². The summed E-state index contributed by atoms with van der Waals surface area (Å²) in [7, 11) is 0. The van der Waals surface area contributed by atoms with Crippen LogP contribution in [0.15, 0.2) is 90.5 Å². The third-order valence-electron chi connectivity index (χ3n) is 4.77. The summed E-state index contributed by atoms with van der Waals surface area (Å²) in [6, 6.07) is 23.7. The zero-order valence-electron chi connectivity index (χ0n) is 15.8. The first kappa shape index (κ1) is 18.4. The average molecular weight is 382 g/mol. The molecule has 1 amide bonds. The lowest BCUT2D eigenvalue weighted by molar-refractivity contribution is -0.384. The molecule has 0 aliphatic carbocycles. The number of hydrogen-bond donors (Lipinski definition) is 0. The van der Waals surface area contributed by atoms with Gasteiger partial charge in [-0.2, -0.15) is 0 Å². The number of rotatable bonds is 4. The molecule has 5 heteroatoms. The fourth-order valence-corrected chi connectivity index (χ4v) is 3.26. The predicted octanol–water partition coefficient (Wildman–Crippen LogP) is 5.37. The monoisotopic (exact) mass is 382 g/mol. The minimum absolute atomic E-state index is 0.0201. The van der Waals surface area contributed by atoms with Gasteiger partial charge in [0.15, 0.2) is 0 Å². The Hall–Kier alpha value is -3.99. The summed E-state index contributed by atoms with van der Waals surface area (Å²) in [5, 5.41) is 10.9. The minimum atomic E-state index is -0.440. The van der Waals surface area contributed by atoms with Gasteiger partial charge in [0.2, 0.25) is 0 Å². The molecule has 1 heterocycles. The number of carbonyl (C=O) groups excluding carboxylic acids is 1. The van der Waals surface area contributed by atoms with Gasteiger partial charge in [-0.1, -0.05) is 48.0 Å². The fourth-order valence-electron chi connectivity index (χ4n) is 3.26. The normalized spacial score (nSPS) is 14.9. The Morgan fingerprint density at radius 2 is 1.55 bits per heavy atom. The number of carbonyl (C=O) groups is 1. The van der Waals surface area contributed by atoms with Crippen molar-refractivity contribution >= 4 is 29.1 Å². The summed E-state index contributed by atoms with van der Waals surface area (Å²) in [5.74, 6) is -0.133. The summed E-state index contributed by atoms with van der Waals surface area (Å²) in [6.45, 7) is 2.00. The number of nitrogens with zero attached hydrogens (tertiary/aromatic N) is 2. The number of non-ortho nitro benzene ring substituents is 1. The van der Waals surface area contributed by atoms with E-state index in [0.717, 1.165) is 28.1 Å². The van der Waals surface area contributed by atoms with E-state index in [-0.39, 0.29) is 11.6 Å². The van der Waals surface area contributed by atoms with Crippen molar-refractivity contribution in [2.45, 2.75) is 6.92 Å². The molecule has 3 aromatic carbocycles. The van der Waals surface area contributed by atoms with E-state index in [1.165, 1.54) is 12.1 Å². The van der Waals surface area contributed by atoms with Crippen LogP contribution in [0.3, 0.4) is 0 Å². The van der Waals surface area contributed by atoms with Gasteiger partial charge in [-0.15, -0.1) is 0 Å². The largest absolute Gasteiger partial charge is 0.276 e. The van der Waals surface area contributed by atoms with Crippen LogP contribution in [0.1, 0.15) is 16.7 Å². The molecule has 0 spiro atoms. The van der Waals surface area contributed by atoms with Crippen molar-refractivity contribution in [3.05, 3.63) is 117 Å². The molecule has 0 aromatic heterocycles. The third-order valence-corrected chi connectivity index (χ3v) is 4.77. The van der Waals surface area contributed by atoms with Crippen LogP contribution >= 0.6 is 0 Å². The lowest BCUT2D eigenvalue weighted by Crippen LogP contribution is -2.24. The molecular weight excluding hydrogens is 364 g/mol. The molecule has 0 atom stereocenters. The van der Waals surface area contributed by atoms with Crippen LogP contribution < -0.4 is 4.90 Å². The van der Waals surface area contributed by atoms with Crippen molar-refractivity contribution in [3.8, 4) is 0 Å². The lowest BCUT2D eigenvalue weighted by Gasteiger charge is -2.21. The molecule has 142 valence electrons. The minimum Gasteiger partial charge on any atom is -0.276 e. The number of hydrogen-bond acceptors (Lipinski definition) is 3. The van der Waals surface area contributed by atoms with Crippen LogP contribution in [-0.4, -0.2) is 10.8 Å². The molecule has 5 nitrogen and oxygen atoms in total. The number of nitro groups is 1. The van der Waals surface area contributed by atoms with E-state index in [0.29, 0.717) is 5.57 Å². The lowest BCUT2D eigenvalue weighted by atomic mass is 10.1. The van der Waals surface area contributed by atoms with Crippen LogP contribution in [0.2, 0.25) is 0 Å². The van der Waals surface area contributed by atoms with Gasteiger partial charge < -0.3 is 0 Å². The van der Waals surface area contributed by atoms with Gasteiger partial charge in [0.1, 0.15) is 0 Å². The molecule has 0 unspecified atom stereocenters. The number of nitro benzene ring substituents is 1. The van der Waals surface area contributed by atoms with Crippen LogP contribution in [0, 0.1) is 17.0 Å². The average Bonchev–Trinajstić information content (AvgIpc) is 3.06. The third kappa shape index (κ3) is 3.71. The van der Waals surface area contributed by atoms with Gasteiger partial charge in [-0.3, -0.25) is 19.8 Å². The Morgan fingerprint density at radius 3 is 2.17 bits per heavy atom. The van der Waals surface area contributed by atoms with Crippen molar-refractivity contribution in [3.63, 3.8) is 0 Å². The number of anilines is 1.